The summed E-state index contributed by atoms with van der Waals surface area (Å²) in [5.74, 6) is 0.250. The second-order valence-corrected chi connectivity index (χ2v) is 8.87. The third-order valence-electron chi connectivity index (χ3n) is 5.28. The van der Waals surface area contributed by atoms with Crippen molar-refractivity contribution < 1.29 is 34.4 Å². The Morgan fingerprint density at radius 2 is 1.71 bits per heavy atom. The summed E-state index contributed by atoms with van der Waals surface area (Å²) in [6.07, 6.45) is 3.13. The number of furan rings is 1. The molecule has 1 radical (unpaired) electrons. The van der Waals surface area contributed by atoms with Crippen LogP contribution in [0.25, 0.3) is 53.4 Å². The number of para-hydroxylation sites is 1. The van der Waals surface area contributed by atoms with Gasteiger partial charge in [-0.05, 0) is 35.2 Å². The summed E-state index contributed by atoms with van der Waals surface area (Å²) >= 11 is 1.80. The number of aromatic nitrogens is 1. The van der Waals surface area contributed by atoms with Gasteiger partial charge in [-0.1, -0.05) is 41.8 Å². The summed E-state index contributed by atoms with van der Waals surface area (Å²) in [6.45, 7) is 3.00. The molecule has 6 heteroatoms. The van der Waals surface area contributed by atoms with Crippen LogP contribution in [0.1, 0.15) is 13.8 Å². The van der Waals surface area contributed by atoms with Gasteiger partial charge in [0.1, 0.15) is 11.2 Å². The molecule has 6 aromatic rings. The molecule has 0 atom stereocenters. The molecule has 0 aliphatic rings. The number of nitrogens with zero attached hydrogens (tertiary/aromatic N) is 1. The van der Waals surface area contributed by atoms with E-state index in [0.717, 1.165) is 33.2 Å². The van der Waals surface area contributed by atoms with Crippen LogP contribution in [0.15, 0.2) is 89.2 Å². The minimum Gasteiger partial charge on any atom is -0.512 e. The summed E-state index contributed by atoms with van der Waals surface area (Å²) in [5, 5.41) is 13.1. The minimum atomic E-state index is 0. The average Bonchev–Trinajstić information content (AvgIpc) is 3.36. The predicted molar refractivity (Wildman–Crippen MR) is 138 cm³/mol. The molecule has 0 saturated heterocycles. The van der Waals surface area contributed by atoms with E-state index in [1.54, 1.807) is 11.3 Å². The molecule has 2 N–H and O–H groups in total. The van der Waals surface area contributed by atoms with E-state index >= 15 is 0 Å². The molecule has 6 rings (SSSR count). The van der Waals surface area contributed by atoms with Gasteiger partial charge in [0, 0.05) is 47.5 Å². The summed E-state index contributed by atoms with van der Waals surface area (Å²) in [5.41, 5.74) is 3.52. The molecule has 0 fully saturated rings. The van der Waals surface area contributed by atoms with E-state index in [4.69, 9.17) is 14.3 Å². The van der Waals surface area contributed by atoms with Gasteiger partial charge >= 0.3 is 5.78 Å². The van der Waals surface area contributed by atoms with Crippen molar-refractivity contribution in [3.05, 3.63) is 90.8 Å². The van der Waals surface area contributed by atoms with Gasteiger partial charge in [0.25, 0.3) is 0 Å². The van der Waals surface area contributed by atoms with Crippen LogP contribution in [0.5, 0.6) is 0 Å². The standard InChI is InChI=1S/C23H12NOS.C5H8O2.Ir/c1-3-7-19-15(5-1)17-11-12-24-22(23(17)25-19)14-9-10-21-18(13-14)16-6-2-4-8-20(16)26-21;1-4(6)3-5(2)7;/h1-8,10-13H;3,6H,1-2H3;/q-1;;/p+1/b;4-3-;. The first kappa shape index (κ1) is 23.8. The number of pyridine rings is 1. The maximum atomic E-state index is 8.40. The van der Waals surface area contributed by atoms with Crippen LogP contribution in [-0.4, -0.2) is 20.7 Å². The smallest absolute Gasteiger partial charge is 0.316 e. The molecular weight excluding hydrogens is 623 g/mol. The second-order valence-electron chi connectivity index (χ2n) is 7.78. The fraction of sp³-hybridized carbons (Fsp3) is 0.0714. The molecule has 3 aromatic heterocycles. The van der Waals surface area contributed by atoms with Crippen molar-refractivity contribution in [3.63, 3.8) is 0 Å². The molecule has 0 bridgehead atoms. The number of carbonyl (C=O) groups excluding carboxylic acids is 1. The number of fused-ring (bicyclic) bond motifs is 6. The molecule has 3 aromatic carbocycles. The fourth-order valence-electron chi connectivity index (χ4n) is 3.95. The van der Waals surface area contributed by atoms with Crippen LogP contribution in [-0.2, 0) is 20.1 Å². The van der Waals surface area contributed by atoms with Gasteiger partial charge in [0.15, 0.2) is 0 Å². The van der Waals surface area contributed by atoms with Crippen LogP contribution in [0.4, 0.5) is 0 Å². The van der Waals surface area contributed by atoms with Gasteiger partial charge in [-0.3, -0.25) is 4.79 Å². The van der Waals surface area contributed by atoms with E-state index < -0.39 is 0 Å². The van der Waals surface area contributed by atoms with Crippen molar-refractivity contribution in [2.75, 3.05) is 0 Å². The van der Waals surface area contributed by atoms with Crippen molar-refractivity contribution in [1.29, 1.82) is 0 Å². The molecule has 34 heavy (non-hydrogen) atoms. The van der Waals surface area contributed by atoms with Gasteiger partial charge in [-0.2, -0.15) is 11.3 Å². The quantitative estimate of drug-likeness (QED) is 0.0906. The molecule has 3 heterocycles. The Kier molecular flexibility index (Phi) is 6.94. The van der Waals surface area contributed by atoms with E-state index in [2.05, 4.69) is 53.5 Å². The van der Waals surface area contributed by atoms with Crippen molar-refractivity contribution in [2.45, 2.75) is 13.8 Å². The molecule has 0 aliphatic heterocycles. The van der Waals surface area contributed by atoms with Gasteiger partial charge in [0.2, 0.25) is 0 Å². The molecule has 4 nitrogen and oxygen atoms in total. The topological polar surface area (TPSA) is 67.7 Å². The molecular formula is C28H21IrNO3S. The van der Waals surface area contributed by atoms with Crippen LogP contribution in [0.2, 0.25) is 0 Å². The Hall–Kier alpha value is -3.31. The van der Waals surface area contributed by atoms with Crippen LogP contribution < -0.4 is 0 Å². The van der Waals surface area contributed by atoms with Gasteiger partial charge in [-0.25, -0.2) is 0 Å². The molecule has 0 unspecified atom stereocenters. The number of hydrogen-bond acceptors (Lipinski definition) is 4. The van der Waals surface area contributed by atoms with Crippen molar-refractivity contribution in [3.8, 4) is 11.3 Å². The summed E-state index contributed by atoms with van der Waals surface area (Å²) in [4.78, 5) is 13.0. The predicted octanol–water partition coefficient (Wildman–Crippen LogP) is 7.83. The molecule has 0 amide bonds. The van der Waals surface area contributed by atoms with Crippen molar-refractivity contribution >= 4 is 59.2 Å². The zero-order chi connectivity index (χ0) is 22.9. The number of thiophene rings is 1. The van der Waals surface area contributed by atoms with E-state index in [-0.39, 0.29) is 31.6 Å². The van der Waals surface area contributed by atoms with E-state index in [9.17, 15) is 0 Å². The number of aliphatic hydroxyl groups excluding tert-OH is 1. The summed E-state index contributed by atoms with van der Waals surface area (Å²) in [6, 6.07) is 26.3. The number of rotatable bonds is 2. The normalized spacial score (nSPS) is 11.4. The largest absolute Gasteiger partial charge is 0.512 e. The van der Waals surface area contributed by atoms with Crippen LogP contribution in [0.3, 0.4) is 0 Å². The molecule has 0 saturated carbocycles. The van der Waals surface area contributed by atoms with Gasteiger partial charge in [-0.15, -0.1) is 23.8 Å². The number of aliphatic hydroxyl groups is 1. The van der Waals surface area contributed by atoms with Gasteiger partial charge < -0.3 is 14.5 Å². The zero-order valence-electron chi connectivity index (χ0n) is 18.5. The number of ketones is 1. The van der Waals surface area contributed by atoms with E-state index in [1.807, 2.05) is 30.5 Å². The third-order valence-corrected chi connectivity index (χ3v) is 6.41. The summed E-state index contributed by atoms with van der Waals surface area (Å²) in [7, 11) is 0. The fourth-order valence-corrected chi connectivity index (χ4v) is 5.02. The molecule has 0 aliphatic carbocycles. The number of hydrogen-bond donors (Lipinski definition) is 1. The maximum absolute atomic E-state index is 8.40. The first-order valence-corrected chi connectivity index (χ1v) is 11.3. The number of benzene rings is 3. The number of allylic oxidation sites excluding steroid dienone is 2. The Balaban J connectivity index is 0.000000303. The second kappa shape index (κ2) is 9.90. The Bertz CT molecular complexity index is 1680. The Labute approximate surface area is 213 Å². The summed E-state index contributed by atoms with van der Waals surface area (Å²) < 4.78 is 8.68. The Morgan fingerprint density at radius 1 is 0.971 bits per heavy atom. The first-order chi connectivity index (χ1) is 16.0. The van der Waals surface area contributed by atoms with Crippen molar-refractivity contribution in [1.82, 2.24) is 4.98 Å². The van der Waals surface area contributed by atoms with Gasteiger partial charge in [0.05, 0.1) is 18.8 Å². The van der Waals surface area contributed by atoms with E-state index in [1.165, 1.54) is 40.1 Å². The maximum Gasteiger partial charge on any atom is 0.316 e. The third kappa shape index (κ3) is 4.53. The van der Waals surface area contributed by atoms with E-state index in [0.29, 0.717) is 0 Å². The minimum absolute atomic E-state index is 0. The first-order valence-electron chi connectivity index (χ1n) is 10.5. The molecule has 171 valence electrons. The Morgan fingerprint density at radius 3 is 2.44 bits per heavy atom. The monoisotopic (exact) mass is 644 g/mol. The zero-order valence-corrected chi connectivity index (χ0v) is 21.7. The SMILES string of the molecule is CC(=[OH+])/C=C(/C)O.[Ir].[c-]1cc2sc3ccccc3c2cc1-c1nccc2c1oc1ccccc12. The van der Waals surface area contributed by atoms with Crippen molar-refractivity contribution in [2.24, 2.45) is 0 Å². The van der Waals surface area contributed by atoms with Crippen LogP contribution in [0, 0.1) is 6.07 Å². The average molecular weight is 644 g/mol. The molecule has 0 spiro atoms. The van der Waals surface area contributed by atoms with Crippen LogP contribution >= 0.6 is 11.3 Å².